The molecule has 40 heavy (non-hydrogen) atoms. The number of fused-ring (bicyclic) bond motifs is 1. The van der Waals surface area contributed by atoms with Gasteiger partial charge in [-0.2, -0.15) is 0 Å². The van der Waals surface area contributed by atoms with Gasteiger partial charge in [-0.3, -0.25) is 9.59 Å². The lowest BCUT2D eigenvalue weighted by atomic mass is 9.98. The van der Waals surface area contributed by atoms with Crippen molar-refractivity contribution in [2.24, 2.45) is 0 Å². The normalized spacial score (nSPS) is 15.0. The number of pyridine rings is 2. The summed E-state index contributed by atoms with van der Waals surface area (Å²) in [5.41, 5.74) is 6.69. The number of H-pyrrole nitrogens is 1. The first-order valence-corrected chi connectivity index (χ1v) is 14.2. The van der Waals surface area contributed by atoms with Crippen molar-refractivity contribution in [2.45, 2.75) is 53.6 Å². The molecule has 0 radical (unpaired) electrons. The number of anilines is 1. The van der Waals surface area contributed by atoms with Crippen LogP contribution < -0.4 is 15.8 Å². The smallest absolute Gasteiger partial charge is 0.253 e. The van der Waals surface area contributed by atoms with Gasteiger partial charge >= 0.3 is 0 Å². The largest absolute Gasteiger partial charge is 0.354 e. The zero-order valence-corrected chi connectivity index (χ0v) is 24.5. The summed E-state index contributed by atoms with van der Waals surface area (Å²) in [6.07, 6.45) is 5.03. The van der Waals surface area contributed by atoms with Gasteiger partial charge in [0.25, 0.3) is 11.5 Å². The molecule has 4 heterocycles. The number of nitrogens with one attached hydrogen (secondary N) is 2. The molecule has 1 aromatic carbocycles. The minimum absolute atomic E-state index is 0.165. The van der Waals surface area contributed by atoms with Crippen LogP contribution in [0.25, 0.3) is 22.0 Å². The molecule has 0 unspecified atom stereocenters. The van der Waals surface area contributed by atoms with Crippen molar-refractivity contribution >= 4 is 22.6 Å². The van der Waals surface area contributed by atoms with Crippen LogP contribution in [-0.4, -0.2) is 58.6 Å². The van der Waals surface area contributed by atoms with Crippen molar-refractivity contribution < 1.29 is 4.79 Å². The summed E-state index contributed by atoms with van der Waals surface area (Å²) < 4.78 is 2.27. The highest BCUT2D eigenvalue weighted by molar-refractivity contribution is 6.09. The maximum absolute atomic E-state index is 13.7. The minimum Gasteiger partial charge on any atom is -0.354 e. The number of piperazine rings is 1. The predicted octanol–water partition coefficient (Wildman–Crippen LogP) is 4.97. The van der Waals surface area contributed by atoms with E-state index >= 15 is 0 Å². The summed E-state index contributed by atoms with van der Waals surface area (Å²) in [5, 5.41) is 3.97. The zero-order chi connectivity index (χ0) is 28.6. The second-order valence-electron chi connectivity index (χ2n) is 11.2. The molecule has 0 saturated carbocycles. The van der Waals surface area contributed by atoms with Gasteiger partial charge in [0.1, 0.15) is 5.82 Å². The molecular weight excluding hydrogens is 500 g/mol. The molecule has 1 amide bonds. The molecule has 2 N–H and O–H groups in total. The molecule has 1 saturated heterocycles. The van der Waals surface area contributed by atoms with E-state index in [0.717, 1.165) is 77.3 Å². The molecule has 0 spiro atoms. The third-order valence-corrected chi connectivity index (χ3v) is 8.26. The Morgan fingerprint density at radius 1 is 1.05 bits per heavy atom. The predicted molar refractivity (Wildman–Crippen MR) is 162 cm³/mol. The molecule has 1 fully saturated rings. The van der Waals surface area contributed by atoms with Gasteiger partial charge in [0.05, 0.1) is 0 Å². The Labute approximate surface area is 236 Å². The van der Waals surface area contributed by atoms with Gasteiger partial charge in [0.15, 0.2) is 0 Å². The van der Waals surface area contributed by atoms with Gasteiger partial charge in [-0.05, 0) is 88.2 Å². The third kappa shape index (κ3) is 5.41. The average Bonchev–Trinajstić information content (AvgIpc) is 3.28. The highest BCUT2D eigenvalue weighted by Gasteiger charge is 2.21. The Morgan fingerprint density at radius 2 is 1.80 bits per heavy atom. The second-order valence-corrected chi connectivity index (χ2v) is 11.2. The van der Waals surface area contributed by atoms with E-state index in [9.17, 15) is 9.59 Å². The topological polar surface area (TPSA) is 86.3 Å². The van der Waals surface area contributed by atoms with Crippen molar-refractivity contribution in [1.82, 2.24) is 24.8 Å². The summed E-state index contributed by atoms with van der Waals surface area (Å²) in [6.45, 7) is 14.3. The van der Waals surface area contributed by atoms with Crippen LogP contribution in [-0.2, 0) is 6.54 Å². The highest BCUT2D eigenvalue weighted by Crippen LogP contribution is 2.34. The Hall–Kier alpha value is -3.91. The van der Waals surface area contributed by atoms with Crippen LogP contribution in [0.4, 0.5) is 5.82 Å². The van der Waals surface area contributed by atoms with Crippen LogP contribution in [0.1, 0.15) is 59.1 Å². The number of hydrogen-bond acceptors (Lipinski definition) is 5. The fourth-order valence-electron chi connectivity index (χ4n) is 5.64. The quantitative estimate of drug-likeness (QED) is 0.346. The van der Waals surface area contributed by atoms with Crippen LogP contribution in [0.15, 0.2) is 47.5 Å². The average molecular weight is 541 g/mol. The fourth-order valence-corrected chi connectivity index (χ4v) is 5.64. The lowest BCUT2D eigenvalue weighted by Gasteiger charge is -2.33. The summed E-state index contributed by atoms with van der Waals surface area (Å²) >= 11 is 0. The van der Waals surface area contributed by atoms with Gasteiger partial charge in [0, 0.05) is 84.4 Å². The second kappa shape index (κ2) is 11.3. The highest BCUT2D eigenvalue weighted by atomic mass is 16.1. The molecule has 4 aromatic rings. The van der Waals surface area contributed by atoms with E-state index in [1.54, 1.807) is 0 Å². The first kappa shape index (κ1) is 27.6. The fraction of sp³-hybridized carbons (Fsp3) is 0.406. The van der Waals surface area contributed by atoms with Gasteiger partial charge in [0.2, 0.25) is 0 Å². The molecule has 1 aliphatic heterocycles. The molecular formula is C32H40N6O2. The summed E-state index contributed by atoms with van der Waals surface area (Å²) in [7, 11) is 2.15. The lowest BCUT2D eigenvalue weighted by Crippen LogP contribution is -2.44. The minimum atomic E-state index is -0.196. The summed E-state index contributed by atoms with van der Waals surface area (Å²) in [6, 6.07) is 10.5. The van der Waals surface area contributed by atoms with E-state index in [1.807, 2.05) is 32.2 Å². The Balaban J connectivity index is 1.52. The standard InChI is InChI=1S/C32H40N6O2/c1-7-23(5)38-19-21(3)30-26(31(39)34-18-27-20(2)14-22(4)35-32(27)40)15-25(16-28(30)38)24-8-9-29(33-17-24)37-12-10-36(6)11-13-37/h8-9,14-17,19,23H,7,10-13,18H2,1-6H3,(H,34,39)(H,35,40)/t23-/m1/s1. The van der Waals surface area contributed by atoms with E-state index in [4.69, 9.17) is 4.98 Å². The van der Waals surface area contributed by atoms with Crippen LogP contribution in [0.5, 0.6) is 0 Å². The molecule has 1 aliphatic rings. The molecule has 0 bridgehead atoms. The van der Waals surface area contributed by atoms with E-state index in [0.29, 0.717) is 11.1 Å². The molecule has 3 aromatic heterocycles. The number of likely N-dealkylation sites (N-methyl/N-ethyl adjacent to an activating group) is 1. The van der Waals surface area contributed by atoms with Crippen molar-refractivity contribution in [3.8, 4) is 11.1 Å². The monoisotopic (exact) mass is 540 g/mol. The maximum atomic E-state index is 13.7. The first-order valence-electron chi connectivity index (χ1n) is 14.2. The first-order chi connectivity index (χ1) is 19.2. The van der Waals surface area contributed by atoms with Gasteiger partial charge < -0.3 is 24.7 Å². The Morgan fingerprint density at radius 3 is 2.45 bits per heavy atom. The number of carbonyl (C=O) groups excluding carboxylic acids is 1. The van der Waals surface area contributed by atoms with Crippen molar-refractivity contribution in [1.29, 1.82) is 0 Å². The number of nitrogens with zero attached hydrogens (tertiary/aromatic N) is 4. The molecule has 1 atom stereocenters. The maximum Gasteiger partial charge on any atom is 0.253 e. The number of aryl methyl sites for hydroxylation is 3. The molecule has 8 nitrogen and oxygen atoms in total. The van der Waals surface area contributed by atoms with Gasteiger partial charge in [-0.25, -0.2) is 4.98 Å². The van der Waals surface area contributed by atoms with Crippen molar-refractivity contribution in [2.75, 3.05) is 38.1 Å². The number of carbonyl (C=O) groups is 1. The summed E-state index contributed by atoms with van der Waals surface area (Å²) in [5.74, 6) is 0.784. The van der Waals surface area contributed by atoms with E-state index in [1.165, 1.54) is 0 Å². The van der Waals surface area contributed by atoms with E-state index in [-0.39, 0.29) is 24.1 Å². The molecule has 0 aliphatic carbocycles. The van der Waals surface area contributed by atoms with Crippen LogP contribution >= 0.6 is 0 Å². The number of aromatic amines is 1. The van der Waals surface area contributed by atoms with Gasteiger partial charge in [-0.1, -0.05) is 6.92 Å². The number of benzene rings is 1. The number of aromatic nitrogens is 3. The SMILES string of the molecule is CC[C@@H](C)n1cc(C)c2c(C(=O)NCc3c(C)cc(C)[nH]c3=O)cc(-c3ccc(N4CCN(C)CC4)nc3)cc21. The lowest BCUT2D eigenvalue weighted by molar-refractivity contribution is 0.0952. The van der Waals surface area contributed by atoms with Crippen molar-refractivity contribution in [3.63, 3.8) is 0 Å². The number of amides is 1. The molecule has 8 heteroatoms. The van der Waals surface area contributed by atoms with E-state index < -0.39 is 0 Å². The van der Waals surface area contributed by atoms with Gasteiger partial charge in [-0.15, -0.1) is 0 Å². The Bertz CT molecular complexity index is 1590. The van der Waals surface area contributed by atoms with Crippen molar-refractivity contribution in [3.05, 3.63) is 81.0 Å². The van der Waals surface area contributed by atoms with Crippen LogP contribution in [0, 0.1) is 20.8 Å². The van der Waals surface area contributed by atoms with Crippen LogP contribution in [0.3, 0.4) is 0 Å². The number of rotatable bonds is 7. The Kier molecular flexibility index (Phi) is 7.81. The number of hydrogen-bond donors (Lipinski definition) is 2. The zero-order valence-electron chi connectivity index (χ0n) is 24.5. The van der Waals surface area contributed by atoms with Crippen LogP contribution in [0.2, 0.25) is 0 Å². The molecule has 5 rings (SSSR count). The summed E-state index contributed by atoms with van der Waals surface area (Å²) in [4.78, 5) is 38.6. The third-order valence-electron chi connectivity index (χ3n) is 8.26. The van der Waals surface area contributed by atoms with E-state index in [2.05, 4.69) is 76.9 Å². The molecule has 210 valence electrons.